The first kappa shape index (κ1) is 28.5. The normalized spacial score (nSPS) is 10.7. The van der Waals surface area contributed by atoms with E-state index in [4.69, 9.17) is 0 Å². The minimum absolute atomic E-state index is 0. The molecule has 2 nitrogen and oxygen atoms in total. The molecule has 0 heterocycles. The summed E-state index contributed by atoms with van der Waals surface area (Å²) in [5.41, 5.74) is 2.86. The van der Waals surface area contributed by atoms with Crippen molar-refractivity contribution < 1.29 is 42.9 Å². The minimum atomic E-state index is 0. The van der Waals surface area contributed by atoms with Crippen LogP contribution in [0.1, 0.15) is 31.9 Å². The predicted octanol–water partition coefficient (Wildman–Crippen LogP) is -1.04. The van der Waals surface area contributed by atoms with Gasteiger partial charge in [0.1, 0.15) is 13.1 Å². The largest absolute Gasteiger partial charge is 1.00 e. The summed E-state index contributed by atoms with van der Waals surface area (Å²) in [6.45, 7) is 12.8. The van der Waals surface area contributed by atoms with Crippen LogP contribution in [0.25, 0.3) is 0 Å². The van der Waals surface area contributed by atoms with Crippen LogP contribution in [-0.4, -0.2) is 49.7 Å². The second-order valence-electron chi connectivity index (χ2n) is 7.87. The quantitative estimate of drug-likeness (QED) is 0.425. The van der Waals surface area contributed by atoms with E-state index in [1.807, 2.05) is 0 Å². The number of nitrogens with zero attached hydrogens (tertiary/aromatic N) is 2. The Morgan fingerprint density at radius 2 is 0.889 bits per heavy atom. The predicted molar refractivity (Wildman–Crippen MR) is 110 cm³/mol. The van der Waals surface area contributed by atoms with Gasteiger partial charge in [0.2, 0.25) is 0 Å². The van der Waals surface area contributed by atoms with Crippen LogP contribution in [0.2, 0.25) is 0 Å². The summed E-state index contributed by atoms with van der Waals surface area (Å²) in [5, 5.41) is 0. The molecule has 0 spiro atoms. The van der Waals surface area contributed by atoms with Crippen LogP contribution in [0.5, 0.6) is 0 Å². The van der Waals surface area contributed by atoms with Crippen molar-refractivity contribution in [2.45, 2.75) is 33.9 Å². The Kier molecular flexibility index (Phi) is 15.1. The second-order valence-corrected chi connectivity index (χ2v) is 7.87. The van der Waals surface area contributed by atoms with Crippen molar-refractivity contribution in [1.82, 2.24) is 0 Å². The Labute approximate surface area is 188 Å². The van der Waals surface area contributed by atoms with Crippen LogP contribution < -0.4 is 34.0 Å². The van der Waals surface area contributed by atoms with Gasteiger partial charge in [-0.2, -0.15) is 0 Å². The van der Waals surface area contributed by atoms with Crippen molar-refractivity contribution >= 4 is 0 Å². The van der Waals surface area contributed by atoms with Crippen molar-refractivity contribution in [3.05, 3.63) is 71.8 Å². The first-order valence-corrected chi connectivity index (χ1v) is 9.57. The molecule has 154 valence electrons. The maximum atomic E-state index is 2.29. The summed E-state index contributed by atoms with van der Waals surface area (Å²) in [6.07, 6.45) is 0. The van der Waals surface area contributed by atoms with Crippen molar-refractivity contribution in [3.63, 3.8) is 0 Å². The van der Waals surface area contributed by atoms with E-state index in [0.29, 0.717) is 0 Å². The smallest absolute Gasteiger partial charge is 0.104 e. The molecule has 0 unspecified atom stereocenters. The van der Waals surface area contributed by atoms with Crippen LogP contribution in [-0.2, 0) is 13.1 Å². The highest BCUT2D eigenvalue weighted by molar-refractivity contribution is 5.14. The average Bonchev–Trinajstić information content (AvgIpc) is 2.61. The van der Waals surface area contributed by atoms with Gasteiger partial charge >= 0.3 is 0 Å². The number of benzene rings is 2. The molecule has 2 rings (SSSR count). The highest BCUT2D eigenvalue weighted by Gasteiger charge is 2.20. The fourth-order valence-electron chi connectivity index (χ4n) is 3.11. The SMILES string of the molecule is CC[N+](CC)(CC)Cc1ccccc1.C[N+](C)(C)Cc1ccccc1.[Br-].[Br-]. The number of quaternary nitrogens is 2. The summed E-state index contributed by atoms with van der Waals surface area (Å²) >= 11 is 0. The first-order chi connectivity index (χ1) is 11.8. The van der Waals surface area contributed by atoms with Gasteiger partial charge in [-0.25, -0.2) is 0 Å². The molecule has 0 aliphatic heterocycles. The standard InChI is InChI=1S/C13H22N.C10H16N.2BrH/c1-4-14(5-2,6-3)12-13-10-8-7-9-11-13;1-11(2,3)9-10-7-5-4-6-8-10;;/h7-11H,4-6,12H2,1-3H3;4-8H,9H2,1-3H3;2*1H/q2*+1;;/p-2. The Morgan fingerprint density at radius 3 is 1.19 bits per heavy atom. The molecular weight excluding hydrogens is 464 g/mol. The fraction of sp³-hybridized carbons (Fsp3) is 0.478. The van der Waals surface area contributed by atoms with Gasteiger partial charge in [-0.05, 0) is 20.8 Å². The van der Waals surface area contributed by atoms with Crippen LogP contribution in [0.3, 0.4) is 0 Å². The lowest BCUT2D eigenvalue weighted by Gasteiger charge is -2.35. The summed E-state index contributed by atoms with van der Waals surface area (Å²) in [6, 6.07) is 21.4. The van der Waals surface area contributed by atoms with E-state index in [2.05, 4.69) is 103 Å². The third kappa shape index (κ3) is 11.7. The zero-order chi connectivity index (χ0) is 18.8. The van der Waals surface area contributed by atoms with Gasteiger partial charge in [0, 0.05) is 11.1 Å². The molecule has 0 N–H and O–H groups in total. The van der Waals surface area contributed by atoms with Crippen molar-refractivity contribution in [2.75, 3.05) is 40.8 Å². The highest BCUT2D eigenvalue weighted by Crippen LogP contribution is 2.13. The van der Waals surface area contributed by atoms with Crippen molar-refractivity contribution in [1.29, 1.82) is 0 Å². The average molecular weight is 502 g/mol. The molecule has 2 aromatic rings. The molecule has 2 aromatic carbocycles. The number of hydrogen-bond donors (Lipinski definition) is 0. The molecule has 0 atom stereocenters. The number of rotatable bonds is 7. The fourth-order valence-corrected chi connectivity index (χ4v) is 3.11. The Bertz CT molecular complexity index is 568. The first-order valence-electron chi connectivity index (χ1n) is 9.57. The van der Waals surface area contributed by atoms with Crippen LogP contribution in [0, 0.1) is 0 Å². The molecule has 0 saturated heterocycles. The summed E-state index contributed by atoms with van der Waals surface area (Å²) in [7, 11) is 6.60. The van der Waals surface area contributed by atoms with Crippen molar-refractivity contribution in [3.8, 4) is 0 Å². The molecule has 0 aliphatic rings. The van der Waals surface area contributed by atoms with Gasteiger partial charge in [0.05, 0.1) is 40.8 Å². The van der Waals surface area contributed by atoms with Gasteiger partial charge in [-0.1, -0.05) is 60.7 Å². The number of halogens is 2. The van der Waals surface area contributed by atoms with Gasteiger partial charge in [-0.3, -0.25) is 0 Å². The van der Waals surface area contributed by atoms with Gasteiger partial charge < -0.3 is 42.9 Å². The summed E-state index contributed by atoms with van der Waals surface area (Å²) in [5.74, 6) is 0. The van der Waals surface area contributed by atoms with E-state index in [1.54, 1.807) is 0 Å². The van der Waals surface area contributed by atoms with Crippen LogP contribution >= 0.6 is 0 Å². The molecule has 0 fully saturated rings. The lowest BCUT2D eigenvalue weighted by molar-refractivity contribution is -0.936. The molecule has 0 radical (unpaired) electrons. The molecule has 27 heavy (non-hydrogen) atoms. The third-order valence-electron chi connectivity index (χ3n) is 4.87. The Morgan fingerprint density at radius 1 is 0.556 bits per heavy atom. The molecule has 4 heteroatoms. The summed E-state index contributed by atoms with van der Waals surface area (Å²) in [4.78, 5) is 0. The topological polar surface area (TPSA) is 0 Å². The zero-order valence-electron chi connectivity index (χ0n) is 18.0. The van der Waals surface area contributed by atoms with Crippen LogP contribution in [0.4, 0.5) is 0 Å². The van der Waals surface area contributed by atoms with E-state index in [1.165, 1.54) is 41.8 Å². The van der Waals surface area contributed by atoms with E-state index < -0.39 is 0 Å². The Balaban J connectivity index is 0. The lowest BCUT2D eigenvalue weighted by Crippen LogP contribution is -3.00. The van der Waals surface area contributed by atoms with Crippen molar-refractivity contribution in [2.24, 2.45) is 0 Å². The highest BCUT2D eigenvalue weighted by atomic mass is 79.9. The van der Waals surface area contributed by atoms with E-state index in [0.717, 1.165) is 11.0 Å². The maximum Gasteiger partial charge on any atom is 0.104 e. The lowest BCUT2D eigenvalue weighted by atomic mass is 10.2. The van der Waals surface area contributed by atoms with E-state index in [9.17, 15) is 0 Å². The van der Waals surface area contributed by atoms with Gasteiger partial charge in [0.15, 0.2) is 0 Å². The molecule has 0 bridgehead atoms. The molecular formula is C23H38Br2N2. The monoisotopic (exact) mass is 500 g/mol. The molecule has 0 amide bonds. The summed E-state index contributed by atoms with van der Waals surface area (Å²) < 4.78 is 2.19. The van der Waals surface area contributed by atoms with Crippen LogP contribution in [0.15, 0.2) is 60.7 Å². The van der Waals surface area contributed by atoms with Gasteiger partial charge in [-0.15, -0.1) is 0 Å². The minimum Gasteiger partial charge on any atom is -1.00 e. The number of hydrogen-bond acceptors (Lipinski definition) is 0. The molecule has 0 saturated carbocycles. The second kappa shape index (κ2) is 14.3. The van der Waals surface area contributed by atoms with E-state index in [-0.39, 0.29) is 34.0 Å². The molecule has 0 aliphatic carbocycles. The van der Waals surface area contributed by atoms with E-state index >= 15 is 0 Å². The Hall–Kier alpha value is -0.680. The van der Waals surface area contributed by atoms with Gasteiger partial charge in [0.25, 0.3) is 0 Å². The maximum absolute atomic E-state index is 2.29. The third-order valence-corrected chi connectivity index (χ3v) is 4.87. The molecule has 0 aromatic heterocycles. The zero-order valence-corrected chi connectivity index (χ0v) is 21.1.